The van der Waals surface area contributed by atoms with Crippen LogP contribution in [0.1, 0.15) is 17.5 Å². The standard InChI is InChI=1S/C17H25F3N4O3S/c1-21-16(22-7-9-24-8-2-10-28(24,25)26)23-11-14-3-5-15(6-4-14)12-27-13-17(18,19)20/h3-6H,2,7-13H2,1H3,(H2,21,22,23). The summed E-state index contributed by atoms with van der Waals surface area (Å²) >= 11 is 0. The van der Waals surface area contributed by atoms with E-state index in [2.05, 4.69) is 20.4 Å². The van der Waals surface area contributed by atoms with Crippen LogP contribution in [0, 0.1) is 0 Å². The number of hydrogen-bond donors (Lipinski definition) is 2. The molecule has 1 heterocycles. The first-order valence-corrected chi connectivity index (χ1v) is 10.5. The van der Waals surface area contributed by atoms with Crippen molar-refractivity contribution in [2.75, 3.05) is 39.0 Å². The Morgan fingerprint density at radius 2 is 1.89 bits per heavy atom. The highest BCUT2D eigenvalue weighted by Crippen LogP contribution is 2.16. The van der Waals surface area contributed by atoms with Gasteiger partial charge in [0.05, 0.1) is 12.4 Å². The number of sulfonamides is 1. The molecule has 1 aliphatic rings. The van der Waals surface area contributed by atoms with Gasteiger partial charge in [-0.15, -0.1) is 0 Å². The number of benzene rings is 1. The summed E-state index contributed by atoms with van der Waals surface area (Å²) in [5, 5.41) is 6.17. The molecule has 1 aromatic rings. The van der Waals surface area contributed by atoms with Gasteiger partial charge in [0.2, 0.25) is 10.0 Å². The van der Waals surface area contributed by atoms with Crippen molar-refractivity contribution in [3.05, 3.63) is 35.4 Å². The molecular weight excluding hydrogens is 397 g/mol. The van der Waals surface area contributed by atoms with E-state index in [1.807, 2.05) is 0 Å². The lowest BCUT2D eigenvalue weighted by Crippen LogP contribution is -2.41. The van der Waals surface area contributed by atoms with Crippen molar-refractivity contribution in [3.8, 4) is 0 Å². The minimum Gasteiger partial charge on any atom is -0.367 e. The SMILES string of the molecule is CN=C(NCCN1CCCS1(=O)=O)NCc1ccc(COCC(F)(F)F)cc1. The number of guanidine groups is 1. The van der Waals surface area contributed by atoms with Crippen molar-refractivity contribution in [2.45, 2.75) is 25.7 Å². The normalized spacial score (nSPS) is 17.6. The van der Waals surface area contributed by atoms with Crippen LogP contribution in [0.4, 0.5) is 13.2 Å². The topological polar surface area (TPSA) is 83.0 Å². The molecule has 7 nitrogen and oxygen atoms in total. The van der Waals surface area contributed by atoms with Crippen LogP contribution in [0.3, 0.4) is 0 Å². The van der Waals surface area contributed by atoms with Crippen LogP contribution in [0.15, 0.2) is 29.3 Å². The summed E-state index contributed by atoms with van der Waals surface area (Å²) in [5.41, 5.74) is 1.58. The van der Waals surface area contributed by atoms with Crippen molar-refractivity contribution < 1.29 is 26.3 Å². The van der Waals surface area contributed by atoms with Gasteiger partial charge >= 0.3 is 6.18 Å². The smallest absolute Gasteiger partial charge is 0.367 e. The first-order chi connectivity index (χ1) is 13.2. The maximum absolute atomic E-state index is 12.1. The molecule has 0 radical (unpaired) electrons. The highest BCUT2D eigenvalue weighted by molar-refractivity contribution is 7.89. The lowest BCUT2D eigenvalue weighted by molar-refractivity contribution is -0.176. The second-order valence-corrected chi connectivity index (χ2v) is 8.43. The van der Waals surface area contributed by atoms with Crippen LogP contribution in [0.25, 0.3) is 0 Å². The van der Waals surface area contributed by atoms with Crippen LogP contribution >= 0.6 is 0 Å². The number of rotatable bonds is 8. The van der Waals surface area contributed by atoms with Gasteiger partial charge in [-0.3, -0.25) is 4.99 Å². The predicted octanol–water partition coefficient (Wildman–Crippen LogP) is 1.47. The number of aliphatic imine (C=N–C) groups is 1. The third kappa shape index (κ3) is 7.64. The van der Waals surface area contributed by atoms with E-state index < -0.39 is 22.8 Å². The lowest BCUT2D eigenvalue weighted by atomic mass is 10.1. The molecule has 0 aliphatic carbocycles. The van der Waals surface area contributed by atoms with Gasteiger partial charge in [0.1, 0.15) is 6.61 Å². The number of alkyl halides is 3. The minimum atomic E-state index is -4.33. The number of hydrogen-bond acceptors (Lipinski definition) is 4. The van der Waals surface area contributed by atoms with Crippen molar-refractivity contribution in [1.82, 2.24) is 14.9 Å². The van der Waals surface area contributed by atoms with Crippen LogP contribution < -0.4 is 10.6 Å². The number of halogens is 3. The fraction of sp³-hybridized carbons (Fsp3) is 0.588. The monoisotopic (exact) mass is 422 g/mol. The third-order valence-electron chi connectivity index (χ3n) is 4.10. The molecule has 0 atom stereocenters. The van der Waals surface area contributed by atoms with E-state index in [1.54, 1.807) is 31.3 Å². The molecule has 1 saturated heterocycles. The summed E-state index contributed by atoms with van der Waals surface area (Å²) in [5.74, 6) is 0.742. The molecule has 1 fully saturated rings. The molecule has 1 aromatic carbocycles. The zero-order valence-electron chi connectivity index (χ0n) is 15.6. The summed E-state index contributed by atoms with van der Waals surface area (Å²) in [4.78, 5) is 4.08. The highest BCUT2D eigenvalue weighted by Gasteiger charge is 2.28. The Hall–Kier alpha value is -1.85. The summed E-state index contributed by atoms with van der Waals surface area (Å²) < 4.78 is 65.8. The molecule has 0 saturated carbocycles. The molecule has 0 aromatic heterocycles. The summed E-state index contributed by atoms with van der Waals surface area (Å²) in [6.07, 6.45) is -3.67. The van der Waals surface area contributed by atoms with Crippen LogP contribution in [-0.2, 0) is 27.9 Å². The molecule has 0 bridgehead atoms. The third-order valence-corrected chi connectivity index (χ3v) is 6.05. The van der Waals surface area contributed by atoms with Crippen molar-refractivity contribution in [1.29, 1.82) is 0 Å². The van der Waals surface area contributed by atoms with Gasteiger partial charge in [-0.1, -0.05) is 24.3 Å². The molecule has 28 heavy (non-hydrogen) atoms. The van der Waals surface area contributed by atoms with E-state index in [0.29, 0.717) is 44.1 Å². The molecule has 0 unspecified atom stereocenters. The summed E-state index contributed by atoms with van der Waals surface area (Å²) in [6.45, 7) is 0.470. The van der Waals surface area contributed by atoms with Gasteiger partial charge in [0.15, 0.2) is 5.96 Å². The Morgan fingerprint density at radius 1 is 1.21 bits per heavy atom. The van der Waals surface area contributed by atoms with E-state index in [9.17, 15) is 21.6 Å². The molecule has 2 N–H and O–H groups in total. The number of ether oxygens (including phenoxy) is 1. The van der Waals surface area contributed by atoms with E-state index >= 15 is 0 Å². The minimum absolute atomic E-state index is 0.101. The average molecular weight is 422 g/mol. The summed E-state index contributed by atoms with van der Waals surface area (Å²) in [7, 11) is -1.49. The van der Waals surface area contributed by atoms with Gasteiger partial charge in [0.25, 0.3) is 0 Å². The average Bonchev–Trinajstić information content (AvgIpc) is 2.96. The van der Waals surface area contributed by atoms with Gasteiger partial charge < -0.3 is 15.4 Å². The van der Waals surface area contributed by atoms with Gasteiger partial charge in [0, 0.05) is 33.2 Å². The molecule has 158 valence electrons. The first kappa shape index (κ1) is 22.4. The first-order valence-electron chi connectivity index (χ1n) is 8.84. The molecular formula is C17H25F3N4O3S. The fourth-order valence-electron chi connectivity index (χ4n) is 2.69. The Bertz CT molecular complexity index is 752. The predicted molar refractivity (Wildman–Crippen MR) is 100 cm³/mol. The Labute approximate surface area is 163 Å². The van der Waals surface area contributed by atoms with E-state index in [-0.39, 0.29) is 12.4 Å². The molecule has 1 aliphatic heterocycles. The fourth-order valence-corrected chi connectivity index (χ4v) is 4.21. The quantitative estimate of drug-likeness (QED) is 0.490. The van der Waals surface area contributed by atoms with Crippen molar-refractivity contribution in [3.63, 3.8) is 0 Å². The second kappa shape index (κ2) is 10.1. The number of nitrogens with one attached hydrogen (secondary N) is 2. The van der Waals surface area contributed by atoms with E-state index in [1.165, 1.54) is 4.31 Å². The van der Waals surface area contributed by atoms with Crippen molar-refractivity contribution in [2.24, 2.45) is 4.99 Å². The molecule has 0 amide bonds. The van der Waals surface area contributed by atoms with Crippen LogP contribution in [0.5, 0.6) is 0 Å². The Balaban J connectivity index is 1.71. The van der Waals surface area contributed by atoms with E-state index in [0.717, 1.165) is 5.56 Å². The molecule has 2 rings (SSSR count). The van der Waals surface area contributed by atoms with Crippen LogP contribution in [-0.4, -0.2) is 63.9 Å². The number of nitrogens with zero attached hydrogens (tertiary/aromatic N) is 2. The molecule has 11 heteroatoms. The molecule has 0 spiro atoms. The maximum atomic E-state index is 12.1. The lowest BCUT2D eigenvalue weighted by Gasteiger charge is -2.16. The van der Waals surface area contributed by atoms with Gasteiger partial charge in [-0.05, 0) is 17.5 Å². The maximum Gasteiger partial charge on any atom is 0.411 e. The van der Waals surface area contributed by atoms with Crippen LogP contribution in [0.2, 0.25) is 0 Å². The largest absolute Gasteiger partial charge is 0.411 e. The summed E-state index contributed by atoms with van der Waals surface area (Å²) in [6, 6.07) is 7.01. The highest BCUT2D eigenvalue weighted by atomic mass is 32.2. The zero-order chi connectivity index (χ0) is 20.6. The zero-order valence-corrected chi connectivity index (χ0v) is 16.4. The van der Waals surface area contributed by atoms with Gasteiger partial charge in [-0.2, -0.15) is 13.2 Å². The second-order valence-electron chi connectivity index (χ2n) is 6.35. The Morgan fingerprint density at radius 3 is 2.46 bits per heavy atom. The van der Waals surface area contributed by atoms with Gasteiger partial charge in [-0.25, -0.2) is 12.7 Å². The van der Waals surface area contributed by atoms with Crippen molar-refractivity contribution >= 4 is 16.0 Å². The van der Waals surface area contributed by atoms with E-state index in [4.69, 9.17) is 0 Å². The Kier molecular flexibility index (Phi) is 8.08.